The standard InChI is InChI=1S/C16H17Cl2N3O3/c17-12-1-2-13(18)14(8-12)21-9-11(7-15(21)23)16(24)20-5-3-19(10-22)4-6-20/h1-2,8,10-11H,3-7,9H2. The molecule has 2 aliphatic rings. The van der Waals surface area contributed by atoms with Gasteiger partial charge in [-0.3, -0.25) is 14.4 Å². The number of anilines is 1. The van der Waals surface area contributed by atoms with Crippen LogP contribution < -0.4 is 4.90 Å². The smallest absolute Gasteiger partial charge is 0.228 e. The molecular formula is C16H17Cl2N3O3. The molecule has 0 aliphatic carbocycles. The molecule has 1 aromatic rings. The molecule has 8 heteroatoms. The Morgan fingerprint density at radius 1 is 1.17 bits per heavy atom. The maximum atomic E-state index is 12.7. The van der Waals surface area contributed by atoms with Gasteiger partial charge in [-0.05, 0) is 18.2 Å². The van der Waals surface area contributed by atoms with E-state index in [2.05, 4.69) is 0 Å². The van der Waals surface area contributed by atoms with E-state index in [9.17, 15) is 14.4 Å². The second-order valence-corrected chi connectivity index (χ2v) is 6.81. The van der Waals surface area contributed by atoms with Crippen LogP contribution in [0.15, 0.2) is 18.2 Å². The molecule has 1 aromatic carbocycles. The fraction of sp³-hybridized carbons (Fsp3) is 0.438. The average molecular weight is 370 g/mol. The number of hydrogen-bond acceptors (Lipinski definition) is 3. The summed E-state index contributed by atoms with van der Waals surface area (Å²) in [7, 11) is 0. The minimum Gasteiger partial charge on any atom is -0.342 e. The highest BCUT2D eigenvalue weighted by Gasteiger charge is 2.38. The number of halogens is 2. The van der Waals surface area contributed by atoms with E-state index in [0.717, 1.165) is 6.41 Å². The van der Waals surface area contributed by atoms with Crippen LogP contribution in [-0.4, -0.2) is 60.7 Å². The molecule has 6 nitrogen and oxygen atoms in total. The van der Waals surface area contributed by atoms with Gasteiger partial charge in [0, 0.05) is 44.2 Å². The summed E-state index contributed by atoms with van der Waals surface area (Å²) in [5.41, 5.74) is 0.537. The van der Waals surface area contributed by atoms with Crippen molar-refractivity contribution in [3.63, 3.8) is 0 Å². The summed E-state index contributed by atoms with van der Waals surface area (Å²) >= 11 is 12.1. The third-order valence-electron chi connectivity index (χ3n) is 4.45. The third-order valence-corrected chi connectivity index (χ3v) is 5.00. The fourth-order valence-corrected chi connectivity index (χ4v) is 3.49. The van der Waals surface area contributed by atoms with Crippen molar-refractivity contribution in [3.05, 3.63) is 28.2 Å². The van der Waals surface area contributed by atoms with Crippen LogP contribution in [0.3, 0.4) is 0 Å². The van der Waals surface area contributed by atoms with Gasteiger partial charge in [0.15, 0.2) is 0 Å². The molecule has 0 radical (unpaired) electrons. The molecule has 3 amide bonds. The van der Waals surface area contributed by atoms with Crippen LogP contribution in [0.25, 0.3) is 0 Å². The van der Waals surface area contributed by atoms with Crippen LogP contribution in [0.1, 0.15) is 6.42 Å². The van der Waals surface area contributed by atoms with Crippen molar-refractivity contribution in [2.24, 2.45) is 5.92 Å². The quantitative estimate of drug-likeness (QED) is 0.761. The van der Waals surface area contributed by atoms with Crippen molar-refractivity contribution >= 4 is 47.1 Å². The van der Waals surface area contributed by atoms with E-state index in [0.29, 0.717) is 48.5 Å². The second kappa shape index (κ2) is 6.99. The molecule has 0 saturated carbocycles. The highest BCUT2D eigenvalue weighted by molar-refractivity contribution is 6.35. The maximum absolute atomic E-state index is 12.7. The number of carbonyl (C=O) groups is 3. The zero-order valence-corrected chi connectivity index (χ0v) is 14.5. The Labute approximate surface area is 149 Å². The van der Waals surface area contributed by atoms with E-state index in [1.54, 1.807) is 28.0 Å². The Morgan fingerprint density at radius 3 is 2.54 bits per heavy atom. The van der Waals surface area contributed by atoms with E-state index in [1.807, 2.05) is 0 Å². The van der Waals surface area contributed by atoms with Gasteiger partial charge in [-0.25, -0.2) is 0 Å². The number of benzene rings is 1. The van der Waals surface area contributed by atoms with Gasteiger partial charge >= 0.3 is 0 Å². The maximum Gasteiger partial charge on any atom is 0.228 e. The van der Waals surface area contributed by atoms with Crippen molar-refractivity contribution in [2.45, 2.75) is 6.42 Å². The number of amides is 3. The van der Waals surface area contributed by atoms with E-state index < -0.39 is 5.92 Å². The third kappa shape index (κ3) is 3.35. The molecule has 0 aromatic heterocycles. The highest BCUT2D eigenvalue weighted by Crippen LogP contribution is 2.34. The number of carbonyl (C=O) groups excluding carboxylic acids is 3. The van der Waals surface area contributed by atoms with Crippen LogP contribution in [0.2, 0.25) is 10.0 Å². The first kappa shape index (κ1) is 17.0. The molecule has 2 saturated heterocycles. The second-order valence-electron chi connectivity index (χ2n) is 5.97. The first-order valence-corrected chi connectivity index (χ1v) is 8.48. The average Bonchev–Trinajstić information content (AvgIpc) is 2.98. The molecule has 3 rings (SSSR count). The summed E-state index contributed by atoms with van der Waals surface area (Å²) in [6.45, 7) is 2.35. The lowest BCUT2D eigenvalue weighted by Crippen LogP contribution is -2.50. The molecule has 1 unspecified atom stereocenters. The summed E-state index contributed by atoms with van der Waals surface area (Å²) < 4.78 is 0. The summed E-state index contributed by atoms with van der Waals surface area (Å²) in [5, 5.41) is 0.919. The van der Waals surface area contributed by atoms with Gasteiger partial charge in [-0.2, -0.15) is 0 Å². The van der Waals surface area contributed by atoms with Crippen LogP contribution >= 0.6 is 23.2 Å². The molecule has 1 atom stereocenters. The van der Waals surface area contributed by atoms with E-state index in [4.69, 9.17) is 23.2 Å². The van der Waals surface area contributed by atoms with Crippen molar-refractivity contribution in [1.29, 1.82) is 0 Å². The van der Waals surface area contributed by atoms with Crippen LogP contribution in [0.4, 0.5) is 5.69 Å². The predicted octanol–water partition coefficient (Wildman–Crippen LogP) is 1.65. The number of rotatable bonds is 3. The normalized spacial score (nSPS) is 21.3. The Hall–Kier alpha value is -1.79. The van der Waals surface area contributed by atoms with Crippen molar-refractivity contribution in [1.82, 2.24) is 9.80 Å². The Balaban J connectivity index is 1.69. The predicted molar refractivity (Wildman–Crippen MR) is 91.1 cm³/mol. The zero-order valence-electron chi connectivity index (χ0n) is 13.0. The molecule has 0 N–H and O–H groups in total. The van der Waals surface area contributed by atoms with E-state index >= 15 is 0 Å². The first-order chi connectivity index (χ1) is 11.5. The highest BCUT2D eigenvalue weighted by atomic mass is 35.5. The molecule has 0 bridgehead atoms. The summed E-state index contributed by atoms with van der Waals surface area (Å²) in [6.07, 6.45) is 0.958. The van der Waals surface area contributed by atoms with Crippen molar-refractivity contribution < 1.29 is 14.4 Å². The van der Waals surface area contributed by atoms with Crippen LogP contribution in [-0.2, 0) is 14.4 Å². The minimum absolute atomic E-state index is 0.0467. The number of hydrogen-bond donors (Lipinski definition) is 0. The molecular weight excluding hydrogens is 353 g/mol. The SMILES string of the molecule is O=CN1CCN(C(=O)C2CC(=O)N(c3cc(Cl)ccc3Cl)C2)CC1. The van der Waals surface area contributed by atoms with Gasteiger partial charge in [0.25, 0.3) is 0 Å². The van der Waals surface area contributed by atoms with E-state index in [-0.39, 0.29) is 18.2 Å². The van der Waals surface area contributed by atoms with Gasteiger partial charge in [0.05, 0.1) is 16.6 Å². The van der Waals surface area contributed by atoms with Gasteiger partial charge < -0.3 is 14.7 Å². The van der Waals surface area contributed by atoms with Gasteiger partial charge in [0.2, 0.25) is 18.2 Å². The van der Waals surface area contributed by atoms with Crippen molar-refractivity contribution in [3.8, 4) is 0 Å². The largest absolute Gasteiger partial charge is 0.342 e. The van der Waals surface area contributed by atoms with Crippen molar-refractivity contribution in [2.75, 3.05) is 37.6 Å². The Kier molecular flexibility index (Phi) is 4.96. The molecule has 2 fully saturated rings. The molecule has 24 heavy (non-hydrogen) atoms. The Morgan fingerprint density at radius 2 is 1.88 bits per heavy atom. The van der Waals surface area contributed by atoms with E-state index in [1.165, 1.54) is 4.90 Å². The summed E-state index contributed by atoms with van der Waals surface area (Å²) in [5.74, 6) is -0.575. The minimum atomic E-state index is -0.393. The lowest BCUT2D eigenvalue weighted by atomic mass is 10.1. The van der Waals surface area contributed by atoms with Gasteiger partial charge in [-0.1, -0.05) is 23.2 Å². The molecule has 0 spiro atoms. The number of piperazine rings is 1. The Bertz CT molecular complexity index is 675. The number of nitrogens with zero attached hydrogens (tertiary/aromatic N) is 3. The molecule has 2 heterocycles. The summed E-state index contributed by atoms with van der Waals surface area (Å²) in [6, 6.07) is 4.93. The monoisotopic (exact) mass is 369 g/mol. The van der Waals surface area contributed by atoms with Crippen LogP contribution in [0.5, 0.6) is 0 Å². The summed E-state index contributed by atoms with van der Waals surface area (Å²) in [4.78, 5) is 40.6. The van der Waals surface area contributed by atoms with Crippen LogP contribution in [0, 0.1) is 5.92 Å². The lowest BCUT2D eigenvalue weighted by Gasteiger charge is -2.33. The first-order valence-electron chi connectivity index (χ1n) is 7.73. The fourth-order valence-electron chi connectivity index (χ4n) is 3.10. The lowest BCUT2D eigenvalue weighted by molar-refractivity contribution is -0.139. The topological polar surface area (TPSA) is 60.9 Å². The molecule has 128 valence electrons. The zero-order chi connectivity index (χ0) is 17.3. The molecule has 2 aliphatic heterocycles. The van der Waals surface area contributed by atoms with Gasteiger partial charge in [-0.15, -0.1) is 0 Å². The van der Waals surface area contributed by atoms with Gasteiger partial charge in [0.1, 0.15) is 0 Å².